The molecule has 1 aliphatic heterocycles. The molecule has 0 bridgehead atoms. The quantitative estimate of drug-likeness (QED) is 0.876. The number of carboxylic acids is 1. The van der Waals surface area contributed by atoms with Gasteiger partial charge in [0.25, 0.3) is 0 Å². The first kappa shape index (κ1) is 14.0. The second-order valence-electron chi connectivity index (χ2n) is 5.01. The fourth-order valence-electron chi connectivity index (χ4n) is 2.67. The van der Waals surface area contributed by atoms with E-state index in [1.165, 1.54) is 12.6 Å². The SMILES string of the molecule is COCC1CCCN(Cc2cccnc2C(=O)O)C1. The highest BCUT2D eigenvalue weighted by molar-refractivity contribution is 5.86. The summed E-state index contributed by atoms with van der Waals surface area (Å²) in [7, 11) is 1.72. The molecule has 0 spiro atoms. The van der Waals surface area contributed by atoms with Crippen LogP contribution in [0.1, 0.15) is 28.9 Å². The predicted molar refractivity (Wildman–Crippen MR) is 71.1 cm³/mol. The molecule has 1 N–H and O–H groups in total. The molecular weight excluding hydrogens is 244 g/mol. The van der Waals surface area contributed by atoms with Crippen molar-refractivity contribution in [3.8, 4) is 0 Å². The molecule has 5 heteroatoms. The van der Waals surface area contributed by atoms with Crippen LogP contribution in [0.4, 0.5) is 0 Å². The van der Waals surface area contributed by atoms with Crippen molar-refractivity contribution in [2.24, 2.45) is 5.92 Å². The van der Waals surface area contributed by atoms with Crippen molar-refractivity contribution in [3.05, 3.63) is 29.6 Å². The van der Waals surface area contributed by atoms with Crippen molar-refractivity contribution in [2.75, 3.05) is 26.8 Å². The Balaban J connectivity index is 2.02. The van der Waals surface area contributed by atoms with Crippen molar-refractivity contribution in [1.29, 1.82) is 0 Å². The third kappa shape index (κ3) is 3.75. The van der Waals surface area contributed by atoms with Crippen LogP contribution in [0.25, 0.3) is 0 Å². The molecule has 1 fully saturated rings. The summed E-state index contributed by atoms with van der Waals surface area (Å²) in [5, 5.41) is 9.13. The average molecular weight is 264 g/mol. The molecule has 0 aromatic carbocycles. The van der Waals surface area contributed by atoms with E-state index < -0.39 is 5.97 Å². The van der Waals surface area contributed by atoms with Crippen LogP contribution in [0.2, 0.25) is 0 Å². The molecule has 19 heavy (non-hydrogen) atoms. The number of methoxy groups -OCH3 is 1. The van der Waals surface area contributed by atoms with Crippen LogP contribution in [0.5, 0.6) is 0 Å². The van der Waals surface area contributed by atoms with Gasteiger partial charge in [0.05, 0.1) is 6.61 Å². The maximum Gasteiger partial charge on any atom is 0.354 e. The summed E-state index contributed by atoms with van der Waals surface area (Å²) in [6, 6.07) is 3.63. The van der Waals surface area contributed by atoms with Crippen molar-refractivity contribution in [3.63, 3.8) is 0 Å². The van der Waals surface area contributed by atoms with Crippen molar-refractivity contribution in [2.45, 2.75) is 19.4 Å². The van der Waals surface area contributed by atoms with E-state index in [-0.39, 0.29) is 5.69 Å². The van der Waals surface area contributed by atoms with E-state index in [0.717, 1.165) is 31.7 Å². The van der Waals surface area contributed by atoms with Crippen molar-refractivity contribution in [1.82, 2.24) is 9.88 Å². The molecule has 2 rings (SSSR count). The Bertz CT molecular complexity index is 434. The van der Waals surface area contributed by atoms with E-state index in [1.807, 2.05) is 6.07 Å². The zero-order valence-corrected chi connectivity index (χ0v) is 11.2. The zero-order valence-electron chi connectivity index (χ0n) is 11.2. The maximum absolute atomic E-state index is 11.1. The minimum Gasteiger partial charge on any atom is -0.477 e. The highest BCUT2D eigenvalue weighted by Gasteiger charge is 2.21. The third-order valence-electron chi connectivity index (χ3n) is 3.49. The average Bonchev–Trinajstić information content (AvgIpc) is 2.40. The predicted octanol–water partition coefficient (Wildman–Crippen LogP) is 1.64. The number of likely N-dealkylation sites (tertiary alicyclic amines) is 1. The van der Waals surface area contributed by atoms with Crippen molar-refractivity contribution < 1.29 is 14.6 Å². The molecule has 0 radical (unpaired) electrons. The maximum atomic E-state index is 11.1. The fraction of sp³-hybridized carbons (Fsp3) is 0.571. The molecule has 0 saturated carbocycles. The Morgan fingerprint density at radius 3 is 3.21 bits per heavy atom. The molecule has 1 aliphatic rings. The van der Waals surface area contributed by atoms with E-state index in [1.54, 1.807) is 13.2 Å². The minimum absolute atomic E-state index is 0.163. The third-order valence-corrected chi connectivity index (χ3v) is 3.49. The van der Waals surface area contributed by atoms with Crippen LogP contribution in [-0.2, 0) is 11.3 Å². The van der Waals surface area contributed by atoms with E-state index in [9.17, 15) is 4.79 Å². The Labute approximate surface area is 113 Å². The van der Waals surface area contributed by atoms with E-state index in [2.05, 4.69) is 9.88 Å². The molecule has 0 aliphatic carbocycles. The summed E-state index contributed by atoms with van der Waals surface area (Å²) in [4.78, 5) is 17.4. The summed E-state index contributed by atoms with van der Waals surface area (Å²) >= 11 is 0. The lowest BCUT2D eigenvalue weighted by Gasteiger charge is -2.32. The highest BCUT2D eigenvalue weighted by Crippen LogP contribution is 2.19. The normalized spacial score (nSPS) is 20.4. The molecule has 104 valence electrons. The van der Waals surface area contributed by atoms with Gasteiger partial charge in [-0.1, -0.05) is 6.07 Å². The lowest BCUT2D eigenvalue weighted by Crippen LogP contribution is -2.37. The molecular formula is C14H20N2O3. The van der Waals surface area contributed by atoms with Gasteiger partial charge in [0.15, 0.2) is 5.69 Å². The summed E-state index contributed by atoms with van der Waals surface area (Å²) in [5.74, 6) is -0.412. The number of nitrogens with zero attached hydrogens (tertiary/aromatic N) is 2. The van der Waals surface area contributed by atoms with Gasteiger partial charge in [-0.3, -0.25) is 4.90 Å². The van der Waals surface area contributed by atoms with Crippen LogP contribution in [0, 0.1) is 5.92 Å². The fourth-order valence-corrected chi connectivity index (χ4v) is 2.67. The summed E-state index contributed by atoms with van der Waals surface area (Å²) < 4.78 is 5.21. The number of rotatable bonds is 5. The molecule has 1 atom stereocenters. The Hall–Kier alpha value is -1.46. The van der Waals surface area contributed by atoms with Crippen LogP contribution in [-0.4, -0.2) is 47.8 Å². The monoisotopic (exact) mass is 264 g/mol. The van der Waals surface area contributed by atoms with Gasteiger partial charge in [0.2, 0.25) is 0 Å². The van der Waals surface area contributed by atoms with E-state index >= 15 is 0 Å². The van der Waals surface area contributed by atoms with Gasteiger partial charge in [0.1, 0.15) is 0 Å². The first-order chi connectivity index (χ1) is 9.20. The van der Waals surface area contributed by atoms with Crippen LogP contribution < -0.4 is 0 Å². The van der Waals surface area contributed by atoms with E-state index in [4.69, 9.17) is 9.84 Å². The Morgan fingerprint density at radius 2 is 2.47 bits per heavy atom. The minimum atomic E-state index is -0.957. The van der Waals surface area contributed by atoms with Gasteiger partial charge in [-0.15, -0.1) is 0 Å². The smallest absolute Gasteiger partial charge is 0.354 e. The Kier molecular flexibility index (Phi) is 4.87. The second kappa shape index (κ2) is 6.63. The lowest BCUT2D eigenvalue weighted by atomic mass is 9.98. The molecule has 1 aromatic rings. The van der Waals surface area contributed by atoms with Gasteiger partial charge >= 0.3 is 5.97 Å². The summed E-state index contributed by atoms with van der Waals surface area (Å²) in [5.41, 5.74) is 0.949. The molecule has 1 aromatic heterocycles. The van der Waals surface area contributed by atoms with Gasteiger partial charge in [0, 0.05) is 26.4 Å². The lowest BCUT2D eigenvalue weighted by molar-refractivity contribution is 0.0682. The molecule has 5 nitrogen and oxygen atoms in total. The van der Waals surface area contributed by atoms with Crippen LogP contribution in [0.3, 0.4) is 0 Å². The number of aromatic carboxylic acids is 1. The molecule has 0 amide bonds. The molecule has 1 saturated heterocycles. The number of carboxylic acid groups (broad SMARTS) is 1. The topological polar surface area (TPSA) is 62.7 Å². The first-order valence-corrected chi connectivity index (χ1v) is 6.59. The molecule has 1 unspecified atom stereocenters. The highest BCUT2D eigenvalue weighted by atomic mass is 16.5. The second-order valence-corrected chi connectivity index (χ2v) is 5.01. The largest absolute Gasteiger partial charge is 0.477 e. The number of piperidine rings is 1. The van der Waals surface area contributed by atoms with Gasteiger partial charge in [-0.25, -0.2) is 9.78 Å². The number of pyridine rings is 1. The number of hydrogen-bond acceptors (Lipinski definition) is 4. The van der Waals surface area contributed by atoms with Crippen molar-refractivity contribution >= 4 is 5.97 Å². The number of carbonyl (C=O) groups is 1. The first-order valence-electron chi connectivity index (χ1n) is 6.59. The van der Waals surface area contributed by atoms with Crippen LogP contribution >= 0.6 is 0 Å². The standard InChI is InChI=1S/C14H20N2O3/c1-19-10-11-4-3-7-16(8-11)9-12-5-2-6-15-13(12)14(17)18/h2,5-6,11H,3-4,7-10H2,1H3,(H,17,18). The number of ether oxygens (including phenoxy) is 1. The van der Waals surface area contributed by atoms with Gasteiger partial charge in [-0.05, 0) is 36.9 Å². The van der Waals surface area contributed by atoms with Gasteiger partial charge < -0.3 is 9.84 Å². The summed E-state index contributed by atoms with van der Waals surface area (Å²) in [6.45, 7) is 3.39. The Morgan fingerprint density at radius 1 is 1.63 bits per heavy atom. The number of aromatic nitrogens is 1. The van der Waals surface area contributed by atoms with E-state index in [0.29, 0.717) is 12.5 Å². The number of hydrogen-bond donors (Lipinski definition) is 1. The zero-order chi connectivity index (χ0) is 13.7. The van der Waals surface area contributed by atoms with Crippen LogP contribution in [0.15, 0.2) is 18.3 Å². The molecule has 2 heterocycles. The summed E-state index contributed by atoms with van der Waals surface area (Å²) in [6.07, 6.45) is 3.84. The van der Waals surface area contributed by atoms with Gasteiger partial charge in [-0.2, -0.15) is 0 Å².